The Bertz CT molecular complexity index is 898. The molecule has 1 fully saturated rings. The topological polar surface area (TPSA) is 98.3 Å². The first-order chi connectivity index (χ1) is 12.8. The summed E-state index contributed by atoms with van der Waals surface area (Å²) in [6.45, 7) is 5.97. The number of nitro benzene ring substituents is 1. The second-order valence-electron chi connectivity index (χ2n) is 7.19. The first-order valence-electron chi connectivity index (χ1n) is 9.04. The minimum absolute atomic E-state index is 0.100. The summed E-state index contributed by atoms with van der Waals surface area (Å²) in [6, 6.07) is 5.07. The average Bonchev–Trinajstić information content (AvgIpc) is 3.10. The number of imidazole rings is 1. The van der Waals surface area contributed by atoms with E-state index in [0.29, 0.717) is 24.9 Å². The molecule has 27 heavy (non-hydrogen) atoms. The van der Waals surface area contributed by atoms with E-state index in [-0.39, 0.29) is 10.6 Å². The highest BCUT2D eigenvalue weighted by Crippen LogP contribution is 2.26. The van der Waals surface area contributed by atoms with Gasteiger partial charge in [0.25, 0.3) is 5.69 Å². The number of non-ortho nitro benzene ring substituents is 1. The summed E-state index contributed by atoms with van der Waals surface area (Å²) in [5, 5.41) is 10.7. The van der Waals surface area contributed by atoms with Gasteiger partial charge in [-0.25, -0.2) is 13.4 Å². The minimum Gasteiger partial charge on any atom is -0.334 e. The molecule has 0 bridgehead atoms. The fourth-order valence-corrected chi connectivity index (χ4v) is 4.94. The normalized spacial score (nSPS) is 16.7. The van der Waals surface area contributed by atoms with Crippen molar-refractivity contribution in [1.82, 2.24) is 13.9 Å². The number of hydrogen-bond acceptors (Lipinski definition) is 5. The van der Waals surface area contributed by atoms with Crippen LogP contribution in [0.25, 0.3) is 0 Å². The summed E-state index contributed by atoms with van der Waals surface area (Å²) < 4.78 is 29.2. The number of rotatable bonds is 6. The predicted octanol–water partition coefficient (Wildman–Crippen LogP) is 3.02. The van der Waals surface area contributed by atoms with Gasteiger partial charge in [-0.05, 0) is 30.9 Å². The Balaban J connectivity index is 1.64. The van der Waals surface area contributed by atoms with Crippen molar-refractivity contribution < 1.29 is 13.3 Å². The Morgan fingerprint density at radius 3 is 2.41 bits per heavy atom. The van der Waals surface area contributed by atoms with Gasteiger partial charge in [0.15, 0.2) is 0 Å². The standard InChI is InChI=1S/C18H24N4O4S/c1-14(2)18-19-9-12-20(18)13-15-7-10-21(11-8-15)27(25,26)17-5-3-16(4-6-17)22(23)24/h3-6,9,12,14-15H,7-8,10-11,13H2,1-2H3. The van der Waals surface area contributed by atoms with Crippen LogP contribution in [0.1, 0.15) is 38.4 Å². The summed E-state index contributed by atoms with van der Waals surface area (Å²) in [5.74, 6) is 1.80. The van der Waals surface area contributed by atoms with Gasteiger partial charge in [0.2, 0.25) is 10.0 Å². The lowest BCUT2D eigenvalue weighted by Gasteiger charge is -2.31. The third kappa shape index (κ3) is 4.19. The number of benzene rings is 1. The predicted molar refractivity (Wildman–Crippen MR) is 101 cm³/mol. The molecule has 146 valence electrons. The molecule has 1 saturated heterocycles. The van der Waals surface area contributed by atoms with Crippen LogP contribution in [-0.2, 0) is 16.6 Å². The number of aromatic nitrogens is 2. The summed E-state index contributed by atoms with van der Waals surface area (Å²) in [7, 11) is -3.62. The Labute approximate surface area is 159 Å². The van der Waals surface area contributed by atoms with Crippen molar-refractivity contribution in [3.63, 3.8) is 0 Å². The molecule has 3 rings (SSSR count). The molecule has 0 N–H and O–H groups in total. The van der Waals surface area contributed by atoms with Crippen LogP contribution in [0.15, 0.2) is 41.6 Å². The van der Waals surface area contributed by atoms with Crippen LogP contribution in [0, 0.1) is 16.0 Å². The van der Waals surface area contributed by atoms with Crippen molar-refractivity contribution in [3.8, 4) is 0 Å². The summed E-state index contributed by atoms with van der Waals surface area (Å²) in [5.41, 5.74) is -0.117. The van der Waals surface area contributed by atoms with Crippen LogP contribution in [0.5, 0.6) is 0 Å². The zero-order chi connectivity index (χ0) is 19.6. The highest BCUT2D eigenvalue weighted by atomic mass is 32.2. The van der Waals surface area contributed by atoms with Gasteiger partial charge in [-0.3, -0.25) is 10.1 Å². The molecule has 0 aliphatic carbocycles. The van der Waals surface area contributed by atoms with Crippen LogP contribution < -0.4 is 0 Å². The van der Waals surface area contributed by atoms with Gasteiger partial charge in [-0.15, -0.1) is 0 Å². The Hall–Kier alpha value is -2.26. The molecule has 0 radical (unpaired) electrons. The molecular weight excluding hydrogens is 368 g/mol. The number of sulfonamides is 1. The van der Waals surface area contributed by atoms with Gasteiger partial charge in [-0.2, -0.15) is 4.31 Å². The van der Waals surface area contributed by atoms with E-state index in [2.05, 4.69) is 23.4 Å². The maximum absolute atomic E-state index is 12.8. The van der Waals surface area contributed by atoms with Crippen LogP contribution >= 0.6 is 0 Å². The monoisotopic (exact) mass is 392 g/mol. The maximum atomic E-state index is 12.8. The second-order valence-corrected chi connectivity index (χ2v) is 9.13. The highest BCUT2D eigenvalue weighted by Gasteiger charge is 2.30. The van der Waals surface area contributed by atoms with E-state index in [0.717, 1.165) is 25.2 Å². The van der Waals surface area contributed by atoms with E-state index < -0.39 is 14.9 Å². The maximum Gasteiger partial charge on any atom is 0.269 e. The second kappa shape index (κ2) is 7.77. The van der Waals surface area contributed by atoms with E-state index in [9.17, 15) is 18.5 Å². The molecule has 2 aromatic rings. The van der Waals surface area contributed by atoms with Gasteiger partial charge in [-0.1, -0.05) is 13.8 Å². The van der Waals surface area contributed by atoms with Crippen molar-refractivity contribution in [2.24, 2.45) is 5.92 Å². The lowest BCUT2D eigenvalue weighted by atomic mass is 9.98. The summed E-state index contributed by atoms with van der Waals surface area (Å²) >= 11 is 0. The molecule has 0 spiro atoms. The average molecular weight is 392 g/mol. The number of hydrogen-bond donors (Lipinski definition) is 0. The number of nitrogens with zero attached hydrogens (tertiary/aromatic N) is 4. The van der Waals surface area contributed by atoms with Crippen molar-refractivity contribution in [2.75, 3.05) is 13.1 Å². The van der Waals surface area contributed by atoms with Crippen molar-refractivity contribution in [2.45, 2.75) is 44.0 Å². The lowest BCUT2D eigenvalue weighted by molar-refractivity contribution is -0.384. The van der Waals surface area contributed by atoms with Crippen LogP contribution in [-0.4, -0.2) is 40.3 Å². The first-order valence-corrected chi connectivity index (χ1v) is 10.5. The SMILES string of the molecule is CC(C)c1nccn1CC1CCN(S(=O)(=O)c2ccc([N+](=O)[O-])cc2)CC1. The lowest BCUT2D eigenvalue weighted by Crippen LogP contribution is -2.39. The quantitative estimate of drug-likeness (QED) is 0.556. The molecule has 1 aliphatic rings. The van der Waals surface area contributed by atoms with E-state index >= 15 is 0 Å². The third-order valence-corrected chi connectivity index (χ3v) is 6.89. The Kier molecular flexibility index (Phi) is 5.61. The van der Waals surface area contributed by atoms with E-state index in [1.54, 1.807) is 0 Å². The highest BCUT2D eigenvalue weighted by molar-refractivity contribution is 7.89. The minimum atomic E-state index is -3.62. The van der Waals surface area contributed by atoms with Crippen molar-refractivity contribution in [3.05, 3.63) is 52.6 Å². The molecule has 0 unspecified atom stereocenters. The zero-order valence-corrected chi connectivity index (χ0v) is 16.3. The summed E-state index contributed by atoms with van der Waals surface area (Å²) in [6.07, 6.45) is 5.35. The van der Waals surface area contributed by atoms with Crippen LogP contribution in [0.3, 0.4) is 0 Å². The molecule has 0 atom stereocenters. The van der Waals surface area contributed by atoms with E-state index in [1.165, 1.54) is 28.6 Å². The van der Waals surface area contributed by atoms with Crippen LogP contribution in [0.4, 0.5) is 5.69 Å². The molecule has 1 aromatic heterocycles. The van der Waals surface area contributed by atoms with Gasteiger partial charge < -0.3 is 4.57 Å². The molecule has 1 aromatic carbocycles. The molecule has 1 aliphatic heterocycles. The summed E-state index contributed by atoms with van der Waals surface area (Å²) in [4.78, 5) is 14.7. The fourth-order valence-electron chi connectivity index (χ4n) is 3.48. The third-order valence-electron chi connectivity index (χ3n) is 4.98. The molecule has 0 saturated carbocycles. The van der Waals surface area contributed by atoms with Crippen molar-refractivity contribution >= 4 is 15.7 Å². The largest absolute Gasteiger partial charge is 0.334 e. The molecule has 2 heterocycles. The number of nitro groups is 1. The smallest absolute Gasteiger partial charge is 0.269 e. The van der Waals surface area contributed by atoms with E-state index in [4.69, 9.17) is 0 Å². The van der Waals surface area contributed by atoms with Gasteiger partial charge >= 0.3 is 0 Å². The molecule has 0 amide bonds. The van der Waals surface area contributed by atoms with Gasteiger partial charge in [0.05, 0.1) is 9.82 Å². The molecule has 9 heteroatoms. The van der Waals surface area contributed by atoms with E-state index in [1.807, 2.05) is 12.4 Å². The Morgan fingerprint density at radius 1 is 1.22 bits per heavy atom. The molecular formula is C18H24N4O4S. The van der Waals surface area contributed by atoms with Crippen LogP contribution in [0.2, 0.25) is 0 Å². The fraction of sp³-hybridized carbons (Fsp3) is 0.500. The zero-order valence-electron chi connectivity index (χ0n) is 15.5. The van der Waals surface area contributed by atoms with Gasteiger partial charge in [0, 0.05) is 50.1 Å². The Morgan fingerprint density at radius 2 is 1.85 bits per heavy atom. The van der Waals surface area contributed by atoms with Gasteiger partial charge in [0.1, 0.15) is 5.82 Å². The number of piperidine rings is 1. The first kappa shape index (κ1) is 19.5. The van der Waals surface area contributed by atoms with Crippen molar-refractivity contribution in [1.29, 1.82) is 0 Å². The molecule has 8 nitrogen and oxygen atoms in total.